The van der Waals surface area contributed by atoms with Gasteiger partial charge in [0.25, 0.3) is 0 Å². The Balaban J connectivity index is 0.000000144. The van der Waals surface area contributed by atoms with Crippen LogP contribution in [-0.4, -0.2) is 11.8 Å². The van der Waals surface area contributed by atoms with Gasteiger partial charge in [-0.3, -0.25) is 0 Å². The van der Waals surface area contributed by atoms with Crippen LogP contribution in [0.3, 0.4) is 0 Å². The maximum atomic E-state index is 5.17. The molecule has 22 heavy (non-hydrogen) atoms. The fourth-order valence-electron chi connectivity index (χ4n) is 2.21. The number of fused-ring (bicyclic) bond motifs is 2. The SMILES string of the molecule is C1=CCC=C2OCOC2=C1.CC.Cc1c[nH]c2ccccc12. The highest BCUT2D eigenvalue weighted by Gasteiger charge is 2.15. The maximum absolute atomic E-state index is 5.17. The van der Waals surface area contributed by atoms with Gasteiger partial charge in [-0.2, -0.15) is 0 Å². The van der Waals surface area contributed by atoms with Gasteiger partial charge in [0.1, 0.15) is 0 Å². The molecule has 0 bridgehead atoms. The highest BCUT2D eigenvalue weighted by atomic mass is 16.7. The largest absolute Gasteiger partial charge is 0.454 e. The van der Waals surface area contributed by atoms with E-state index < -0.39 is 0 Å². The number of ether oxygens (including phenoxy) is 2. The van der Waals surface area contributed by atoms with E-state index >= 15 is 0 Å². The minimum Gasteiger partial charge on any atom is -0.454 e. The topological polar surface area (TPSA) is 34.2 Å². The number of allylic oxidation sites excluding steroid dienone is 4. The molecule has 1 aliphatic heterocycles. The maximum Gasteiger partial charge on any atom is 0.231 e. The average molecular weight is 297 g/mol. The normalized spacial score (nSPS) is 14.9. The second kappa shape index (κ2) is 8.13. The highest BCUT2D eigenvalue weighted by molar-refractivity contribution is 5.82. The number of hydrogen-bond donors (Lipinski definition) is 1. The first-order chi connectivity index (χ1) is 10.8. The molecule has 0 spiro atoms. The fraction of sp³-hybridized carbons (Fsp3) is 0.263. The second-order valence-electron chi connectivity index (χ2n) is 4.69. The van der Waals surface area contributed by atoms with Crippen LogP contribution in [0.2, 0.25) is 0 Å². The lowest BCUT2D eigenvalue weighted by Gasteiger charge is -1.90. The molecule has 0 amide bonds. The van der Waals surface area contributed by atoms with Gasteiger partial charge in [-0.25, -0.2) is 0 Å². The van der Waals surface area contributed by atoms with Crippen LogP contribution in [0.4, 0.5) is 0 Å². The van der Waals surface area contributed by atoms with E-state index in [4.69, 9.17) is 9.47 Å². The molecule has 0 saturated carbocycles. The summed E-state index contributed by atoms with van der Waals surface area (Å²) in [5.41, 5.74) is 2.54. The summed E-state index contributed by atoms with van der Waals surface area (Å²) in [6.07, 6.45) is 10.9. The third-order valence-corrected chi connectivity index (χ3v) is 3.29. The first-order valence-corrected chi connectivity index (χ1v) is 7.70. The number of benzene rings is 1. The number of aryl methyl sites for hydroxylation is 1. The first-order valence-electron chi connectivity index (χ1n) is 7.70. The van der Waals surface area contributed by atoms with Crippen LogP contribution in [0.15, 0.2) is 66.3 Å². The van der Waals surface area contributed by atoms with E-state index in [2.05, 4.69) is 36.2 Å². The minimum atomic E-state index is 0.367. The molecule has 4 rings (SSSR count). The lowest BCUT2D eigenvalue weighted by molar-refractivity contribution is 0.0974. The van der Waals surface area contributed by atoms with Gasteiger partial charge in [-0.15, -0.1) is 0 Å². The van der Waals surface area contributed by atoms with Crippen LogP contribution < -0.4 is 0 Å². The van der Waals surface area contributed by atoms with Gasteiger partial charge < -0.3 is 14.5 Å². The molecule has 0 radical (unpaired) electrons. The Morgan fingerprint density at radius 2 is 1.82 bits per heavy atom. The molecule has 116 valence electrons. The zero-order chi connectivity index (χ0) is 15.8. The number of aromatic amines is 1. The molecule has 2 aliphatic rings. The molecule has 1 aliphatic carbocycles. The number of hydrogen-bond acceptors (Lipinski definition) is 2. The minimum absolute atomic E-state index is 0.367. The second-order valence-corrected chi connectivity index (χ2v) is 4.69. The monoisotopic (exact) mass is 297 g/mol. The number of rotatable bonds is 0. The number of nitrogens with one attached hydrogen (secondary N) is 1. The van der Waals surface area contributed by atoms with Crippen molar-refractivity contribution in [3.05, 3.63) is 71.8 Å². The van der Waals surface area contributed by atoms with Gasteiger partial charge in [0, 0.05) is 17.1 Å². The van der Waals surface area contributed by atoms with Crippen molar-refractivity contribution in [1.82, 2.24) is 4.98 Å². The Kier molecular flexibility index (Phi) is 5.90. The molecule has 1 saturated heterocycles. The lowest BCUT2D eigenvalue weighted by Crippen LogP contribution is -1.78. The zero-order valence-electron chi connectivity index (χ0n) is 13.4. The van der Waals surface area contributed by atoms with Crippen molar-refractivity contribution >= 4 is 10.9 Å². The summed E-state index contributed by atoms with van der Waals surface area (Å²) in [4.78, 5) is 3.19. The van der Waals surface area contributed by atoms with Gasteiger partial charge in [-0.05, 0) is 37.1 Å². The number of aromatic nitrogens is 1. The summed E-state index contributed by atoms with van der Waals surface area (Å²) >= 11 is 0. The van der Waals surface area contributed by atoms with Crippen molar-refractivity contribution in [1.29, 1.82) is 0 Å². The predicted molar refractivity (Wildman–Crippen MR) is 91.3 cm³/mol. The molecule has 1 aromatic carbocycles. The van der Waals surface area contributed by atoms with Gasteiger partial charge in [-0.1, -0.05) is 44.2 Å². The molecule has 1 N–H and O–H groups in total. The Labute approximate surface area is 131 Å². The molecular weight excluding hydrogens is 274 g/mol. The molecule has 3 nitrogen and oxygen atoms in total. The predicted octanol–water partition coefficient (Wildman–Crippen LogP) is 5.22. The molecular formula is C19H23NO2. The Morgan fingerprint density at radius 1 is 1.05 bits per heavy atom. The zero-order valence-corrected chi connectivity index (χ0v) is 13.4. The Morgan fingerprint density at radius 3 is 2.64 bits per heavy atom. The summed E-state index contributed by atoms with van der Waals surface area (Å²) in [5.74, 6) is 1.73. The molecule has 3 heteroatoms. The van der Waals surface area contributed by atoms with Crippen LogP contribution >= 0.6 is 0 Å². The smallest absolute Gasteiger partial charge is 0.231 e. The first kappa shape index (κ1) is 16.0. The van der Waals surface area contributed by atoms with Crippen molar-refractivity contribution in [2.24, 2.45) is 0 Å². The van der Waals surface area contributed by atoms with Crippen molar-refractivity contribution in [3.63, 3.8) is 0 Å². The van der Waals surface area contributed by atoms with Crippen LogP contribution in [0.25, 0.3) is 10.9 Å². The van der Waals surface area contributed by atoms with Crippen LogP contribution in [0.5, 0.6) is 0 Å². The van der Waals surface area contributed by atoms with Crippen LogP contribution in [0, 0.1) is 6.92 Å². The van der Waals surface area contributed by atoms with Gasteiger partial charge in [0.2, 0.25) is 6.79 Å². The van der Waals surface area contributed by atoms with E-state index in [-0.39, 0.29) is 0 Å². The van der Waals surface area contributed by atoms with Crippen molar-refractivity contribution in [2.75, 3.05) is 6.79 Å². The number of H-pyrrole nitrogens is 1. The third kappa shape index (κ3) is 3.82. The van der Waals surface area contributed by atoms with E-state index in [1.165, 1.54) is 16.5 Å². The van der Waals surface area contributed by atoms with Gasteiger partial charge >= 0.3 is 0 Å². The fourth-order valence-corrected chi connectivity index (χ4v) is 2.21. The molecule has 1 aromatic heterocycles. The molecule has 1 fully saturated rings. The van der Waals surface area contributed by atoms with E-state index in [0.717, 1.165) is 17.9 Å². The summed E-state index contributed by atoms with van der Waals surface area (Å²) in [5, 5.41) is 1.32. The van der Waals surface area contributed by atoms with E-state index in [9.17, 15) is 0 Å². The standard InChI is InChI=1S/C9H9N.C8H8O2.C2H6/c1-7-6-10-9-5-3-2-4-8(7)9;1-2-4-7-8(5-3-1)10-6-9-7;1-2/h2-6,10H,1H3;1-2,4-5H,3,6H2;1-2H3. The van der Waals surface area contributed by atoms with E-state index in [1.807, 2.05) is 44.3 Å². The Bertz CT molecular complexity index is 692. The van der Waals surface area contributed by atoms with Gasteiger partial charge in [0.15, 0.2) is 11.5 Å². The summed E-state index contributed by atoms with van der Waals surface area (Å²) < 4.78 is 10.3. The lowest BCUT2D eigenvalue weighted by atomic mass is 10.2. The quantitative estimate of drug-likeness (QED) is 0.723. The third-order valence-electron chi connectivity index (χ3n) is 3.29. The average Bonchev–Trinajstić information content (AvgIpc) is 3.11. The van der Waals surface area contributed by atoms with Crippen molar-refractivity contribution < 1.29 is 9.47 Å². The van der Waals surface area contributed by atoms with Crippen molar-refractivity contribution in [3.8, 4) is 0 Å². The van der Waals surface area contributed by atoms with Crippen LogP contribution in [-0.2, 0) is 9.47 Å². The van der Waals surface area contributed by atoms with Crippen molar-refractivity contribution in [2.45, 2.75) is 27.2 Å². The van der Waals surface area contributed by atoms with E-state index in [1.54, 1.807) is 0 Å². The highest BCUT2D eigenvalue weighted by Crippen LogP contribution is 2.22. The number of para-hydroxylation sites is 1. The molecule has 2 aromatic rings. The summed E-state index contributed by atoms with van der Waals surface area (Å²) in [7, 11) is 0. The Hall–Kier alpha value is -2.42. The molecule has 2 heterocycles. The van der Waals surface area contributed by atoms with Crippen LogP contribution in [0.1, 0.15) is 25.8 Å². The molecule has 0 unspecified atom stereocenters. The van der Waals surface area contributed by atoms with Gasteiger partial charge in [0.05, 0.1) is 0 Å². The molecule has 0 atom stereocenters. The summed E-state index contributed by atoms with van der Waals surface area (Å²) in [6, 6.07) is 8.31. The van der Waals surface area contributed by atoms with E-state index in [0.29, 0.717) is 6.79 Å². The summed E-state index contributed by atoms with van der Waals surface area (Å²) in [6.45, 7) is 6.48.